The molecule has 0 saturated carbocycles. The molecule has 3 rings (SSSR count). The van der Waals surface area contributed by atoms with Gasteiger partial charge in [0.25, 0.3) is 0 Å². The average Bonchev–Trinajstić information content (AvgIpc) is 3.04. The zero-order valence-corrected chi connectivity index (χ0v) is 13.4. The minimum Gasteiger partial charge on any atom is -0.480 e. The number of benzene rings is 1. The summed E-state index contributed by atoms with van der Waals surface area (Å²) in [5.41, 5.74) is 1.27. The Morgan fingerprint density at radius 1 is 1.38 bits per heavy atom. The van der Waals surface area contributed by atoms with E-state index >= 15 is 0 Å². The first-order valence-electron chi connectivity index (χ1n) is 7.85. The number of fused-ring (bicyclic) bond motifs is 1. The number of carbonyl (C=O) groups is 2. The Bertz CT molecular complexity index is 825. The molecule has 128 valence electrons. The van der Waals surface area contributed by atoms with Crippen molar-refractivity contribution in [2.24, 2.45) is 0 Å². The molecule has 8 heteroatoms. The normalized spacial score (nSPS) is 21.2. The molecule has 1 aliphatic rings. The van der Waals surface area contributed by atoms with Gasteiger partial charge >= 0.3 is 11.7 Å². The smallest absolute Gasteiger partial charge is 0.326 e. The molecule has 0 radical (unpaired) electrons. The number of aromatic amines is 1. The van der Waals surface area contributed by atoms with Crippen molar-refractivity contribution in [1.82, 2.24) is 19.8 Å². The van der Waals surface area contributed by atoms with Gasteiger partial charge in [-0.1, -0.05) is 12.1 Å². The van der Waals surface area contributed by atoms with Gasteiger partial charge < -0.3 is 15.4 Å². The number of hydrogen-bond donors (Lipinski definition) is 3. The van der Waals surface area contributed by atoms with Crippen molar-refractivity contribution in [2.75, 3.05) is 13.6 Å². The molecule has 3 N–H and O–H groups in total. The Morgan fingerprint density at radius 2 is 2.12 bits per heavy atom. The highest BCUT2D eigenvalue weighted by atomic mass is 16.4. The van der Waals surface area contributed by atoms with Crippen molar-refractivity contribution >= 4 is 22.9 Å². The van der Waals surface area contributed by atoms with Crippen LogP contribution in [0, 0.1) is 0 Å². The maximum Gasteiger partial charge on any atom is 0.326 e. The van der Waals surface area contributed by atoms with Gasteiger partial charge in [0.2, 0.25) is 5.91 Å². The van der Waals surface area contributed by atoms with E-state index in [1.807, 2.05) is 24.3 Å². The Morgan fingerprint density at radius 3 is 2.83 bits per heavy atom. The van der Waals surface area contributed by atoms with Gasteiger partial charge in [-0.2, -0.15) is 0 Å². The Kier molecular flexibility index (Phi) is 4.39. The van der Waals surface area contributed by atoms with Crippen LogP contribution in [-0.4, -0.2) is 57.1 Å². The zero-order valence-electron chi connectivity index (χ0n) is 13.4. The van der Waals surface area contributed by atoms with Crippen LogP contribution in [0.5, 0.6) is 0 Å². The molecule has 8 nitrogen and oxygen atoms in total. The van der Waals surface area contributed by atoms with Gasteiger partial charge in [-0.05, 0) is 25.6 Å². The summed E-state index contributed by atoms with van der Waals surface area (Å²) in [6.45, 7) is 0.787. The molecule has 2 heterocycles. The minimum atomic E-state index is -0.875. The number of carbonyl (C=O) groups excluding carboxylic acids is 1. The SMILES string of the molecule is CN1C[C@@H](NC(=O)CCn2c(=O)[nH]c3ccccc32)C[C@H]1C(=O)O. The predicted octanol–water partition coefficient (Wildman–Crippen LogP) is -0.00680. The van der Waals surface area contributed by atoms with Crippen LogP contribution in [0.2, 0.25) is 0 Å². The standard InChI is InChI=1S/C16H20N4O4/c1-19-9-10(8-13(19)15(22)23)17-14(21)6-7-20-12-5-3-2-4-11(12)18-16(20)24/h2-5,10,13H,6-9H2,1H3,(H,17,21)(H,18,24)(H,22,23)/t10-,13-/m0/s1. The number of hydrogen-bond acceptors (Lipinski definition) is 4. The summed E-state index contributed by atoms with van der Waals surface area (Å²) in [6.07, 6.45) is 0.560. The first-order chi connectivity index (χ1) is 11.5. The second-order valence-corrected chi connectivity index (χ2v) is 6.14. The van der Waals surface area contributed by atoms with Gasteiger partial charge in [0.1, 0.15) is 6.04 Å². The van der Waals surface area contributed by atoms with Crippen LogP contribution < -0.4 is 11.0 Å². The van der Waals surface area contributed by atoms with Gasteiger partial charge in [0, 0.05) is 25.6 Å². The number of imidazole rings is 1. The number of H-pyrrole nitrogens is 1. The summed E-state index contributed by atoms with van der Waals surface area (Å²) in [7, 11) is 1.73. The number of carboxylic acid groups (broad SMARTS) is 1. The number of nitrogens with one attached hydrogen (secondary N) is 2. The monoisotopic (exact) mass is 332 g/mol. The molecule has 1 amide bonds. The fourth-order valence-corrected chi connectivity index (χ4v) is 3.23. The minimum absolute atomic E-state index is 0.166. The maximum absolute atomic E-state index is 12.1. The molecular formula is C16H20N4O4. The lowest BCUT2D eigenvalue weighted by atomic mass is 10.1. The molecule has 2 atom stereocenters. The van der Waals surface area contributed by atoms with Crippen LogP contribution in [0.3, 0.4) is 0 Å². The Balaban J connectivity index is 1.59. The number of carboxylic acids is 1. The third-order valence-electron chi connectivity index (χ3n) is 4.44. The lowest BCUT2D eigenvalue weighted by Gasteiger charge is -2.13. The van der Waals surface area contributed by atoms with Crippen LogP contribution in [0.25, 0.3) is 11.0 Å². The van der Waals surface area contributed by atoms with Crippen LogP contribution in [0.4, 0.5) is 0 Å². The number of para-hydroxylation sites is 2. The number of aryl methyl sites for hydroxylation is 1. The number of nitrogens with zero attached hydrogens (tertiary/aromatic N) is 2. The number of amides is 1. The maximum atomic E-state index is 12.1. The Hall–Kier alpha value is -2.61. The molecule has 24 heavy (non-hydrogen) atoms. The number of likely N-dealkylation sites (N-methyl/N-ethyl adjacent to an activating group) is 1. The topological polar surface area (TPSA) is 107 Å². The number of rotatable bonds is 5. The van der Waals surface area contributed by atoms with Crippen LogP contribution >= 0.6 is 0 Å². The Labute approximate surface area is 138 Å². The number of aromatic nitrogens is 2. The van der Waals surface area contributed by atoms with Gasteiger partial charge in [0.15, 0.2) is 0 Å². The van der Waals surface area contributed by atoms with E-state index in [1.165, 1.54) is 4.57 Å². The third-order valence-corrected chi connectivity index (χ3v) is 4.44. The van der Waals surface area contributed by atoms with E-state index in [9.17, 15) is 14.4 Å². The van der Waals surface area contributed by atoms with Crippen LogP contribution in [-0.2, 0) is 16.1 Å². The van der Waals surface area contributed by atoms with E-state index in [2.05, 4.69) is 10.3 Å². The fraction of sp³-hybridized carbons (Fsp3) is 0.438. The summed E-state index contributed by atoms with van der Waals surface area (Å²) in [5, 5.41) is 12.0. The van der Waals surface area contributed by atoms with Gasteiger partial charge in [-0.15, -0.1) is 0 Å². The molecule has 2 aromatic rings. The highest BCUT2D eigenvalue weighted by Crippen LogP contribution is 2.16. The molecule has 1 aliphatic heterocycles. The second-order valence-electron chi connectivity index (χ2n) is 6.14. The molecule has 0 spiro atoms. The van der Waals surface area contributed by atoms with Crippen LogP contribution in [0.15, 0.2) is 29.1 Å². The first kappa shape index (κ1) is 16.3. The van der Waals surface area contributed by atoms with Crippen molar-refractivity contribution in [3.63, 3.8) is 0 Å². The van der Waals surface area contributed by atoms with E-state index in [4.69, 9.17) is 5.11 Å². The zero-order chi connectivity index (χ0) is 17.3. The van der Waals surface area contributed by atoms with Crippen molar-refractivity contribution in [3.05, 3.63) is 34.7 Å². The van der Waals surface area contributed by atoms with E-state index in [0.29, 0.717) is 13.0 Å². The molecule has 1 aromatic carbocycles. The predicted molar refractivity (Wildman–Crippen MR) is 87.8 cm³/mol. The summed E-state index contributed by atoms with van der Waals surface area (Å²) >= 11 is 0. The average molecular weight is 332 g/mol. The number of aliphatic carboxylic acids is 1. The van der Waals surface area contributed by atoms with Crippen molar-refractivity contribution < 1.29 is 14.7 Å². The molecule has 1 saturated heterocycles. The van der Waals surface area contributed by atoms with E-state index in [-0.39, 0.29) is 30.6 Å². The number of likely N-dealkylation sites (tertiary alicyclic amines) is 1. The second kappa shape index (κ2) is 6.48. The summed E-state index contributed by atoms with van der Waals surface area (Å²) in [4.78, 5) is 39.6. The van der Waals surface area contributed by atoms with Crippen molar-refractivity contribution in [3.8, 4) is 0 Å². The van der Waals surface area contributed by atoms with Gasteiger partial charge in [0.05, 0.1) is 11.0 Å². The lowest BCUT2D eigenvalue weighted by Crippen LogP contribution is -2.37. The molecule has 0 unspecified atom stereocenters. The summed E-state index contributed by atoms with van der Waals surface area (Å²) in [5.74, 6) is -1.06. The molecule has 1 aromatic heterocycles. The van der Waals surface area contributed by atoms with Crippen LogP contribution in [0.1, 0.15) is 12.8 Å². The summed E-state index contributed by atoms with van der Waals surface area (Å²) in [6, 6.07) is 6.58. The van der Waals surface area contributed by atoms with Gasteiger partial charge in [-0.25, -0.2) is 4.79 Å². The molecular weight excluding hydrogens is 312 g/mol. The summed E-state index contributed by atoms with van der Waals surface area (Å²) < 4.78 is 1.54. The van der Waals surface area contributed by atoms with E-state index < -0.39 is 12.0 Å². The molecule has 0 bridgehead atoms. The van der Waals surface area contributed by atoms with Crippen molar-refractivity contribution in [2.45, 2.75) is 31.5 Å². The molecule has 0 aliphatic carbocycles. The highest BCUT2D eigenvalue weighted by molar-refractivity contribution is 5.78. The lowest BCUT2D eigenvalue weighted by molar-refractivity contribution is -0.141. The quantitative estimate of drug-likeness (QED) is 0.714. The van der Waals surface area contributed by atoms with Gasteiger partial charge in [-0.3, -0.25) is 19.1 Å². The van der Waals surface area contributed by atoms with E-state index in [0.717, 1.165) is 11.0 Å². The highest BCUT2D eigenvalue weighted by Gasteiger charge is 2.34. The third kappa shape index (κ3) is 3.18. The first-order valence-corrected chi connectivity index (χ1v) is 7.85. The van der Waals surface area contributed by atoms with Crippen molar-refractivity contribution in [1.29, 1.82) is 0 Å². The largest absolute Gasteiger partial charge is 0.480 e. The van der Waals surface area contributed by atoms with E-state index in [1.54, 1.807) is 11.9 Å². The fourth-order valence-electron chi connectivity index (χ4n) is 3.23. The molecule has 1 fully saturated rings.